The summed E-state index contributed by atoms with van der Waals surface area (Å²) < 4.78 is 17.0. The molecule has 9 heteroatoms. The van der Waals surface area contributed by atoms with Crippen LogP contribution in [0.25, 0.3) is 5.69 Å². The highest BCUT2D eigenvalue weighted by Crippen LogP contribution is 2.30. The smallest absolute Gasteiger partial charge is 0.242 e. The van der Waals surface area contributed by atoms with Crippen LogP contribution in [0, 0.1) is 18.7 Å². The van der Waals surface area contributed by atoms with E-state index in [2.05, 4.69) is 20.6 Å². The highest BCUT2D eigenvalue weighted by Gasteiger charge is 2.19. The molecular formula is C22H27FN6OS. The Balaban J connectivity index is 1.48. The van der Waals surface area contributed by atoms with Gasteiger partial charge in [-0.25, -0.2) is 4.39 Å². The number of amides is 1. The average Bonchev–Trinajstić information content (AvgIpc) is 3.38. The molecule has 0 bridgehead atoms. The molecule has 0 saturated heterocycles. The van der Waals surface area contributed by atoms with Crippen molar-refractivity contribution >= 4 is 17.7 Å². The molecule has 4 rings (SSSR count). The third-order valence-electron chi connectivity index (χ3n) is 5.62. The van der Waals surface area contributed by atoms with Crippen LogP contribution in [0.1, 0.15) is 43.6 Å². The molecule has 2 aromatic heterocycles. The molecule has 31 heavy (non-hydrogen) atoms. The maximum absolute atomic E-state index is 13.5. The van der Waals surface area contributed by atoms with E-state index in [9.17, 15) is 9.18 Å². The van der Waals surface area contributed by atoms with Crippen LogP contribution in [-0.2, 0) is 17.9 Å². The number of carbonyl (C=O) groups excluding carboxylic acids is 1. The van der Waals surface area contributed by atoms with E-state index in [-0.39, 0.29) is 24.8 Å². The molecule has 3 aromatic rings. The lowest BCUT2D eigenvalue weighted by molar-refractivity contribution is -0.122. The van der Waals surface area contributed by atoms with Gasteiger partial charge in [0, 0.05) is 23.3 Å². The zero-order chi connectivity index (χ0) is 21.6. The molecule has 0 radical (unpaired) electrons. The molecule has 1 fully saturated rings. The van der Waals surface area contributed by atoms with Gasteiger partial charge in [-0.15, -0.1) is 10.2 Å². The minimum atomic E-state index is -0.294. The zero-order valence-corrected chi connectivity index (χ0v) is 18.4. The Morgan fingerprint density at radius 1 is 1.16 bits per heavy atom. The standard InChI is InChI=1S/C22H27FN6OS/c1-16-11-12-25-28(16)14-21(30)24-13-20-26-27-22(31-15-17-5-3-2-4-6-17)29(20)19-9-7-18(23)8-10-19/h7-12,17H,2-6,13-15H2,1H3,(H,24,30). The van der Waals surface area contributed by atoms with Crippen LogP contribution in [0.2, 0.25) is 0 Å². The van der Waals surface area contributed by atoms with E-state index in [1.54, 1.807) is 34.8 Å². The van der Waals surface area contributed by atoms with Crippen LogP contribution in [0.4, 0.5) is 4.39 Å². The number of rotatable bonds is 8. The second-order valence-corrected chi connectivity index (χ2v) is 8.92. The molecule has 0 aliphatic heterocycles. The van der Waals surface area contributed by atoms with Gasteiger partial charge in [-0.3, -0.25) is 14.0 Å². The summed E-state index contributed by atoms with van der Waals surface area (Å²) in [5.41, 5.74) is 1.70. The first-order chi connectivity index (χ1) is 15.1. The number of hydrogen-bond donors (Lipinski definition) is 1. The topological polar surface area (TPSA) is 77.6 Å². The quantitative estimate of drug-likeness (QED) is 0.536. The van der Waals surface area contributed by atoms with Crippen molar-refractivity contribution in [3.63, 3.8) is 0 Å². The fraction of sp³-hybridized carbons (Fsp3) is 0.455. The summed E-state index contributed by atoms with van der Waals surface area (Å²) in [4.78, 5) is 12.4. The number of benzene rings is 1. The Labute approximate surface area is 185 Å². The van der Waals surface area contributed by atoms with Crippen molar-refractivity contribution in [2.24, 2.45) is 5.92 Å². The van der Waals surface area contributed by atoms with Gasteiger partial charge in [0.2, 0.25) is 5.91 Å². The first-order valence-corrected chi connectivity index (χ1v) is 11.7. The number of carbonyl (C=O) groups is 1. The highest BCUT2D eigenvalue weighted by atomic mass is 32.2. The molecule has 1 aliphatic rings. The van der Waals surface area contributed by atoms with Gasteiger partial charge in [0.15, 0.2) is 11.0 Å². The minimum absolute atomic E-state index is 0.146. The predicted octanol–water partition coefficient (Wildman–Crippen LogP) is 3.90. The van der Waals surface area contributed by atoms with Crippen LogP contribution < -0.4 is 5.32 Å². The normalized spacial score (nSPS) is 14.6. The number of nitrogens with zero attached hydrogens (tertiary/aromatic N) is 5. The van der Waals surface area contributed by atoms with Gasteiger partial charge in [0.05, 0.1) is 6.54 Å². The molecule has 1 aromatic carbocycles. The molecule has 2 heterocycles. The van der Waals surface area contributed by atoms with Crippen molar-refractivity contribution in [1.29, 1.82) is 0 Å². The zero-order valence-electron chi connectivity index (χ0n) is 17.6. The number of halogens is 1. The summed E-state index contributed by atoms with van der Waals surface area (Å²) in [6.45, 7) is 2.28. The molecule has 0 atom stereocenters. The highest BCUT2D eigenvalue weighted by molar-refractivity contribution is 7.99. The van der Waals surface area contributed by atoms with Crippen molar-refractivity contribution in [1.82, 2.24) is 29.9 Å². The number of aryl methyl sites for hydroxylation is 1. The molecule has 1 amide bonds. The Morgan fingerprint density at radius 2 is 1.94 bits per heavy atom. The summed E-state index contributed by atoms with van der Waals surface area (Å²) in [6.07, 6.45) is 8.10. The molecule has 1 aliphatic carbocycles. The number of hydrogen-bond acceptors (Lipinski definition) is 5. The number of nitrogens with one attached hydrogen (secondary N) is 1. The van der Waals surface area contributed by atoms with Crippen LogP contribution in [-0.4, -0.2) is 36.2 Å². The monoisotopic (exact) mass is 442 g/mol. The van der Waals surface area contributed by atoms with Crippen LogP contribution in [0.5, 0.6) is 0 Å². The van der Waals surface area contributed by atoms with Gasteiger partial charge >= 0.3 is 0 Å². The lowest BCUT2D eigenvalue weighted by Gasteiger charge is -2.20. The van der Waals surface area contributed by atoms with E-state index < -0.39 is 0 Å². The third-order valence-corrected chi connectivity index (χ3v) is 6.78. The van der Waals surface area contributed by atoms with Gasteiger partial charge in [-0.2, -0.15) is 5.10 Å². The summed E-state index contributed by atoms with van der Waals surface area (Å²) in [5.74, 6) is 1.85. The van der Waals surface area contributed by atoms with Crippen molar-refractivity contribution < 1.29 is 9.18 Å². The lowest BCUT2D eigenvalue weighted by atomic mass is 9.91. The summed E-state index contributed by atoms with van der Waals surface area (Å²) in [5, 5.41) is 16.5. The molecule has 164 valence electrons. The molecule has 7 nitrogen and oxygen atoms in total. The van der Waals surface area contributed by atoms with Crippen molar-refractivity contribution in [2.45, 2.75) is 57.3 Å². The Morgan fingerprint density at radius 3 is 2.65 bits per heavy atom. The SMILES string of the molecule is Cc1ccnn1CC(=O)NCc1nnc(SCC2CCCCC2)n1-c1ccc(F)cc1. The lowest BCUT2D eigenvalue weighted by Crippen LogP contribution is -2.29. The van der Waals surface area contributed by atoms with E-state index in [1.807, 2.05) is 17.6 Å². The van der Waals surface area contributed by atoms with E-state index >= 15 is 0 Å². The largest absolute Gasteiger partial charge is 0.347 e. The van der Waals surface area contributed by atoms with Crippen molar-refractivity contribution in [3.05, 3.63) is 53.9 Å². The van der Waals surface area contributed by atoms with E-state index in [0.29, 0.717) is 11.7 Å². The van der Waals surface area contributed by atoms with Gasteiger partial charge in [-0.1, -0.05) is 31.0 Å². The Kier molecular flexibility index (Phi) is 7.01. The summed E-state index contributed by atoms with van der Waals surface area (Å²) >= 11 is 1.68. The maximum Gasteiger partial charge on any atom is 0.242 e. The first-order valence-electron chi connectivity index (χ1n) is 10.7. The van der Waals surface area contributed by atoms with Crippen LogP contribution in [0.3, 0.4) is 0 Å². The number of aromatic nitrogens is 5. The molecule has 1 N–H and O–H groups in total. The van der Waals surface area contributed by atoms with Crippen LogP contribution in [0.15, 0.2) is 41.7 Å². The van der Waals surface area contributed by atoms with Crippen molar-refractivity contribution in [2.75, 3.05) is 5.75 Å². The average molecular weight is 443 g/mol. The van der Waals surface area contributed by atoms with Gasteiger partial charge in [-0.05, 0) is 56.0 Å². The van der Waals surface area contributed by atoms with Gasteiger partial charge in [0.1, 0.15) is 12.4 Å². The molecular weight excluding hydrogens is 415 g/mol. The molecule has 0 spiro atoms. The second-order valence-electron chi connectivity index (χ2n) is 7.93. The fourth-order valence-corrected chi connectivity index (χ4v) is 4.99. The van der Waals surface area contributed by atoms with E-state index in [1.165, 1.54) is 44.2 Å². The Hall–Kier alpha value is -2.68. The maximum atomic E-state index is 13.5. The fourth-order valence-electron chi connectivity index (χ4n) is 3.84. The van der Waals surface area contributed by atoms with Crippen LogP contribution >= 0.6 is 11.8 Å². The predicted molar refractivity (Wildman–Crippen MR) is 117 cm³/mol. The van der Waals surface area contributed by atoms with Gasteiger partial charge in [0.25, 0.3) is 0 Å². The van der Waals surface area contributed by atoms with E-state index in [0.717, 1.165) is 22.3 Å². The minimum Gasteiger partial charge on any atom is -0.347 e. The second kappa shape index (κ2) is 10.1. The van der Waals surface area contributed by atoms with Crippen molar-refractivity contribution in [3.8, 4) is 5.69 Å². The molecule has 0 unspecified atom stereocenters. The Bertz CT molecular complexity index is 1010. The first kappa shape index (κ1) is 21.5. The van der Waals surface area contributed by atoms with E-state index in [4.69, 9.17) is 0 Å². The third kappa shape index (κ3) is 5.52. The summed E-state index contributed by atoms with van der Waals surface area (Å²) in [6, 6.07) is 8.12. The summed E-state index contributed by atoms with van der Waals surface area (Å²) in [7, 11) is 0. The molecule has 1 saturated carbocycles. The van der Waals surface area contributed by atoms with Gasteiger partial charge < -0.3 is 5.32 Å². The number of thioether (sulfide) groups is 1.